The Bertz CT molecular complexity index is 720. The number of pyridine rings is 1. The van der Waals surface area contributed by atoms with E-state index in [2.05, 4.69) is 16.0 Å². The Labute approximate surface area is 157 Å². The second kappa shape index (κ2) is 8.89. The molecular formula is C19H24N4O2S. The van der Waals surface area contributed by atoms with E-state index in [4.69, 9.17) is 0 Å². The van der Waals surface area contributed by atoms with Crippen molar-refractivity contribution in [2.75, 3.05) is 26.7 Å². The van der Waals surface area contributed by atoms with Gasteiger partial charge < -0.3 is 9.80 Å². The summed E-state index contributed by atoms with van der Waals surface area (Å²) < 4.78 is 0. The van der Waals surface area contributed by atoms with Crippen molar-refractivity contribution in [2.45, 2.75) is 25.7 Å². The van der Waals surface area contributed by atoms with E-state index in [0.29, 0.717) is 32.0 Å². The predicted molar refractivity (Wildman–Crippen MR) is 101 cm³/mol. The molecule has 0 saturated carbocycles. The number of nitrogens with zero attached hydrogens (tertiary/aromatic N) is 4. The first kappa shape index (κ1) is 18.5. The lowest BCUT2D eigenvalue weighted by molar-refractivity contribution is -0.152. The van der Waals surface area contributed by atoms with Crippen LogP contribution in [0.4, 0.5) is 0 Å². The van der Waals surface area contributed by atoms with Crippen molar-refractivity contribution in [1.29, 1.82) is 0 Å². The highest BCUT2D eigenvalue weighted by atomic mass is 32.1. The van der Waals surface area contributed by atoms with Crippen LogP contribution in [0.25, 0.3) is 0 Å². The van der Waals surface area contributed by atoms with E-state index >= 15 is 0 Å². The van der Waals surface area contributed by atoms with Gasteiger partial charge in [0.25, 0.3) is 0 Å². The van der Waals surface area contributed by atoms with Gasteiger partial charge >= 0.3 is 11.8 Å². The summed E-state index contributed by atoms with van der Waals surface area (Å²) in [5.74, 6) is -0.434. The standard InChI is InChI=1S/C19H24N4O2S/c1-22(10-6-17-21-8-11-26-17)18(24)19(25)23-9-3-5-16(14-23)12-15-4-2-7-20-13-15/h2,4,7-8,11,13,16H,3,5-6,9-10,12,14H2,1H3. The zero-order valence-corrected chi connectivity index (χ0v) is 15.8. The molecule has 0 N–H and O–H groups in total. The largest absolute Gasteiger partial charge is 0.337 e. The number of hydrogen-bond acceptors (Lipinski definition) is 5. The molecule has 6 nitrogen and oxygen atoms in total. The SMILES string of the molecule is CN(CCc1nccs1)C(=O)C(=O)N1CCCC(Cc2cccnc2)C1. The molecule has 1 fully saturated rings. The summed E-state index contributed by atoms with van der Waals surface area (Å²) in [7, 11) is 1.69. The highest BCUT2D eigenvalue weighted by Gasteiger charge is 2.29. The van der Waals surface area contributed by atoms with Gasteiger partial charge in [-0.3, -0.25) is 14.6 Å². The van der Waals surface area contributed by atoms with Crippen molar-refractivity contribution < 1.29 is 9.59 Å². The van der Waals surface area contributed by atoms with Crippen LogP contribution in [0.2, 0.25) is 0 Å². The van der Waals surface area contributed by atoms with Crippen molar-refractivity contribution in [2.24, 2.45) is 5.92 Å². The molecule has 3 heterocycles. The Morgan fingerprint density at radius 2 is 2.27 bits per heavy atom. The Hall–Kier alpha value is -2.28. The van der Waals surface area contributed by atoms with E-state index < -0.39 is 5.91 Å². The smallest absolute Gasteiger partial charge is 0.312 e. The molecule has 0 aromatic carbocycles. The second-order valence-electron chi connectivity index (χ2n) is 6.73. The van der Waals surface area contributed by atoms with Crippen LogP contribution >= 0.6 is 11.3 Å². The molecule has 2 aromatic heterocycles. The van der Waals surface area contributed by atoms with Crippen LogP contribution in [-0.4, -0.2) is 58.3 Å². The number of piperidine rings is 1. The lowest BCUT2D eigenvalue weighted by Gasteiger charge is -2.33. The summed E-state index contributed by atoms with van der Waals surface area (Å²) in [6.45, 7) is 1.80. The summed E-state index contributed by atoms with van der Waals surface area (Å²) in [5, 5.41) is 2.89. The van der Waals surface area contributed by atoms with Crippen molar-refractivity contribution in [1.82, 2.24) is 19.8 Å². The maximum absolute atomic E-state index is 12.6. The van der Waals surface area contributed by atoms with Gasteiger partial charge in [-0.05, 0) is 36.8 Å². The third-order valence-electron chi connectivity index (χ3n) is 4.73. The van der Waals surface area contributed by atoms with E-state index in [1.54, 1.807) is 35.7 Å². The van der Waals surface area contributed by atoms with Crippen molar-refractivity contribution in [3.8, 4) is 0 Å². The second-order valence-corrected chi connectivity index (χ2v) is 7.71. The Morgan fingerprint density at radius 3 is 3.00 bits per heavy atom. The summed E-state index contributed by atoms with van der Waals surface area (Å²) in [4.78, 5) is 36.7. The van der Waals surface area contributed by atoms with Crippen LogP contribution in [0.3, 0.4) is 0 Å². The van der Waals surface area contributed by atoms with Gasteiger partial charge in [-0.2, -0.15) is 0 Å². The summed E-state index contributed by atoms with van der Waals surface area (Å²) in [6.07, 6.45) is 8.98. The molecule has 7 heteroatoms. The first-order valence-electron chi connectivity index (χ1n) is 8.95. The zero-order valence-electron chi connectivity index (χ0n) is 15.0. The minimum atomic E-state index is -0.427. The Kier molecular flexibility index (Phi) is 6.33. The topological polar surface area (TPSA) is 66.4 Å². The first-order valence-corrected chi connectivity index (χ1v) is 9.83. The van der Waals surface area contributed by atoms with Crippen molar-refractivity contribution in [3.63, 3.8) is 0 Å². The van der Waals surface area contributed by atoms with E-state index in [9.17, 15) is 9.59 Å². The number of hydrogen-bond donors (Lipinski definition) is 0. The van der Waals surface area contributed by atoms with Crippen LogP contribution in [0.5, 0.6) is 0 Å². The maximum atomic E-state index is 12.6. The summed E-state index contributed by atoms with van der Waals surface area (Å²) in [6, 6.07) is 3.99. The van der Waals surface area contributed by atoms with Crippen LogP contribution in [0.1, 0.15) is 23.4 Å². The fraction of sp³-hybridized carbons (Fsp3) is 0.474. The molecule has 1 unspecified atom stereocenters. The van der Waals surface area contributed by atoms with Gasteiger partial charge in [-0.25, -0.2) is 4.98 Å². The van der Waals surface area contributed by atoms with E-state index in [1.165, 1.54) is 10.5 Å². The number of rotatable bonds is 5. The highest BCUT2D eigenvalue weighted by Crippen LogP contribution is 2.21. The van der Waals surface area contributed by atoms with Gasteiger partial charge in [0.15, 0.2) is 0 Å². The maximum Gasteiger partial charge on any atom is 0.312 e. The monoisotopic (exact) mass is 372 g/mol. The molecule has 1 atom stereocenters. The van der Waals surface area contributed by atoms with E-state index in [1.807, 2.05) is 17.6 Å². The molecule has 26 heavy (non-hydrogen) atoms. The minimum absolute atomic E-state index is 0.380. The molecule has 0 aliphatic carbocycles. The Morgan fingerprint density at radius 1 is 1.38 bits per heavy atom. The molecule has 2 amide bonds. The molecule has 0 bridgehead atoms. The number of carbonyl (C=O) groups excluding carboxylic acids is 2. The molecule has 138 valence electrons. The third-order valence-corrected chi connectivity index (χ3v) is 5.57. The highest BCUT2D eigenvalue weighted by molar-refractivity contribution is 7.09. The number of aromatic nitrogens is 2. The molecule has 0 spiro atoms. The molecule has 2 aromatic rings. The summed E-state index contributed by atoms with van der Waals surface area (Å²) >= 11 is 1.56. The number of thiazole rings is 1. The average Bonchev–Trinajstić information content (AvgIpc) is 3.19. The number of amides is 2. The molecular weight excluding hydrogens is 348 g/mol. The van der Waals surface area contributed by atoms with Gasteiger partial charge in [0.05, 0.1) is 5.01 Å². The van der Waals surface area contributed by atoms with E-state index in [0.717, 1.165) is 24.3 Å². The molecule has 1 saturated heterocycles. The summed E-state index contributed by atoms with van der Waals surface area (Å²) in [5.41, 5.74) is 1.18. The average molecular weight is 372 g/mol. The fourth-order valence-corrected chi connectivity index (χ4v) is 3.92. The van der Waals surface area contributed by atoms with Gasteiger partial charge in [-0.15, -0.1) is 11.3 Å². The molecule has 3 rings (SSSR count). The van der Waals surface area contributed by atoms with Gasteiger partial charge in [0.2, 0.25) is 0 Å². The molecule has 0 radical (unpaired) electrons. The zero-order chi connectivity index (χ0) is 18.4. The number of likely N-dealkylation sites (tertiary alicyclic amines) is 1. The van der Waals surface area contributed by atoms with Crippen molar-refractivity contribution >= 4 is 23.2 Å². The number of likely N-dealkylation sites (N-methyl/N-ethyl adjacent to an activating group) is 1. The minimum Gasteiger partial charge on any atom is -0.337 e. The van der Waals surface area contributed by atoms with Crippen LogP contribution < -0.4 is 0 Å². The van der Waals surface area contributed by atoms with Gasteiger partial charge in [0, 0.05) is 57.1 Å². The van der Waals surface area contributed by atoms with Crippen molar-refractivity contribution in [3.05, 3.63) is 46.7 Å². The van der Waals surface area contributed by atoms with Gasteiger partial charge in [-0.1, -0.05) is 6.07 Å². The quantitative estimate of drug-likeness (QED) is 0.753. The predicted octanol–water partition coefficient (Wildman–Crippen LogP) is 2.02. The van der Waals surface area contributed by atoms with Gasteiger partial charge in [0.1, 0.15) is 0 Å². The van der Waals surface area contributed by atoms with E-state index in [-0.39, 0.29) is 5.91 Å². The normalized spacial score (nSPS) is 17.1. The third kappa shape index (κ3) is 4.88. The molecule has 1 aliphatic rings. The number of carbonyl (C=O) groups is 2. The van der Waals surface area contributed by atoms with Crippen LogP contribution in [0.15, 0.2) is 36.1 Å². The Balaban J connectivity index is 1.51. The lowest BCUT2D eigenvalue weighted by atomic mass is 9.92. The lowest BCUT2D eigenvalue weighted by Crippen LogP contribution is -2.48. The fourth-order valence-electron chi connectivity index (χ4n) is 3.31. The van der Waals surface area contributed by atoms with Crippen LogP contribution in [-0.2, 0) is 22.4 Å². The van der Waals surface area contributed by atoms with Crippen LogP contribution in [0, 0.1) is 5.92 Å². The molecule has 1 aliphatic heterocycles. The first-order chi connectivity index (χ1) is 12.6.